The minimum absolute atomic E-state index is 0.620. The lowest BCUT2D eigenvalue weighted by molar-refractivity contribution is 0.689. The number of thioether (sulfide) groups is 1. The fraction of sp³-hybridized carbons (Fsp3) is 0.261. The normalized spacial score (nSPS) is 19.6. The maximum atomic E-state index is 6.03. The zero-order valence-electron chi connectivity index (χ0n) is 16.4. The second kappa shape index (κ2) is 9.73. The van der Waals surface area contributed by atoms with Gasteiger partial charge in [0.05, 0.1) is 0 Å². The van der Waals surface area contributed by atoms with E-state index < -0.39 is 0 Å². The Bertz CT molecular complexity index is 923. The molecule has 2 aromatic rings. The van der Waals surface area contributed by atoms with Crippen molar-refractivity contribution in [1.29, 1.82) is 0 Å². The number of hydrogen-bond donors (Lipinski definition) is 0. The topological polar surface area (TPSA) is 17.8 Å². The molecule has 2 heterocycles. The van der Waals surface area contributed by atoms with E-state index in [2.05, 4.69) is 48.8 Å². The van der Waals surface area contributed by atoms with Crippen LogP contribution in [0.1, 0.15) is 24.9 Å². The molecule has 0 aliphatic carbocycles. The zero-order valence-corrected chi connectivity index (χ0v) is 18.8. The van der Waals surface area contributed by atoms with Crippen molar-refractivity contribution >= 4 is 40.7 Å². The van der Waals surface area contributed by atoms with Crippen LogP contribution in [0.5, 0.6) is 0 Å². The van der Waals surface area contributed by atoms with E-state index in [1.54, 1.807) is 11.8 Å². The van der Waals surface area contributed by atoms with Crippen molar-refractivity contribution in [3.63, 3.8) is 0 Å². The van der Waals surface area contributed by atoms with Crippen molar-refractivity contribution in [3.05, 3.63) is 83.2 Å². The van der Waals surface area contributed by atoms with Crippen LogP contribution in [0.25, 0.3) is 5.57 Å². The molecule has 0 amide bonds. The molecular weight excluding hydrogens is 404 g/mol. The average molecular weight is 429 g/mol. The molecule has 0 saturated carbocycles. The highest BCUT2D eigenvalue weighted by atomic mass is 35.5. The Balaban J connectivity index is 1.86. The number of benzene rings is 1. The first-order valence-electron chi connectivity index (χ1n) is 9.28. The predicted molar refractivity (Wildman–Crippen MR) is 125 cm³/mol. The molecule has 1 aliphatic rings. The summed E-state index contributed by atoms with van der Waals surface area (Å²) in [5.41, 5.74) is 2.07. The Morgan fingerprint density at radius 2 is 2.11 bits per heavy atom. The Morgan fingerprint density at radius 1 is 1.36 bits per heavy atom. The molecule has 2 atom stereocenters. The summed E-state index contributed by atoms with van der Waals surface area (Å²) in [5, 5.41) is 4.69. The van der Waals surface area contributed by atoms with E-state index in [1.165, 1.54) is 0 Å². The maximum absolute atomic E-state index is 6.03. The summed E-state index contributed by atoms with van der Waals surface area (Å²) in [6.45, 7) is 8.21. The van der Waals surface area contributed by atoms with Crippen LogP contribution in [0.2, 0.25) is 5.02 Å². The van der Waals surface area contributed by atoms with E-state index in [0.717, 1.165) is 38.5 Å². The van der Waals surface area contributed by atoms with Crippen molar-refractivity contribution in [2.45, 2.75) is 35.4 Å². The third kappa shape index (κ3) is 5.05. The van der Waals surface area contributed by atoms with Crippen molar-refractivity contribution in [3.8, 4) is 0 Å². The summed E-state index contributed by atoms with van der Waals surface area (Å²) in [5.74, 6) is 1.61. The van der Waals surface area contributed by atoms with Gasteiger partial charge in [0.15, 0.2) is 0 Å². The van der Waals surface area contributed by atoms with Crippen LogP contribution in [0.3, 0.4) is 0 Å². The van der Waals surface area contributed by atoms with Crippen LogP contribution >= 0.6 is 35.1 Å². The lowest BCUT2D eigenvalue weighted by atomic mass is 10.0. The molecule has 146 valence electrons. The number of aromatic nitrogens is 2. The lowest BCUT2D eigenvalue weighted by Crippen LogP contribution is -2.05. The highest BCUT2D eigenvalue weighted by Crippen LogP contribution is 2.36. The standard InChI is InChI=1S/C23H25ClN2S2/c1-5-7-18(8-6-9-21-16(2)14-15-27-21)22-23(26(4)17(3)25-22)28-20-12-10-19(24)11-13-20/h5-8,10-16,21H,1,9H2,2-4H3/b8-6-,18-7+. The van der Waals surface area contributed by atoms with Gasteiger partial charge in [-0.3, -0.25) is 0 Å². The quantitative estimate of drug-likeness (QED) is 0.430. The van der Waals surface area contributed by atoms with Gasteiger partial charge < -0.3 is 4.57 Å². The molecule has 0 saturated heterocycles. The fourth-order valence-corrected chi connectivity index (χ4v) is 5.22. The minimum atomic E-state index is 0.620. The van der Waals surface area contributed by atoms with Crippen LogP contribution < -0.4 is 0 Å². The summed E-state index contributed by atoms with van der Waals surface area (Å²) >= 11 is 9.65. The number of nitrogens with zero attached hydrogens (tertiary/aromatic N) is 2. The molecule has 1 aliphatic heterocycles. The van der Waals surface area contributed by atoms with E-state index in [4.69, 9.17) is 16.6 Å². The molecule has 3 rings (SSSR count). The number of halogens is 1. The SMILES string of the molecule is C=C/C=C(\C=C/CC1SC=CC1C)c1nc(C)n(C)c1Sc1ccc(Cl)cc1. The molecule has 0 spiro atoms. The Labute approximate surface area is 181 Å². The molecule has 2 nitrogen and oxygen atoms in total. The summed E-state index contributed by atoms with van der Waals surface area (Å²) in [6.07, 6.45) is 11.6. The molecule has 5 heteroatoms. The second-order valence-electron chi connectivity index (χ2n) is 6.79. The smallest absolute Gasteiger partial charge is 0.108 e. The predicted octanol–water partition coefficient (Wildman–Crippen LogP) is 7.31. The van der Waals surface area contributed by atoms with E-state index in [9.17, 15) is 0 Å². The lowest BCUT2D eigenvalue weighted by Gasteiger charge is -2.11. The number of hydrogen-bond acceptors (Lipinski definition) is 3. The third-order valence-electron chi connectivity index (χ3n) is 4.75. The summed E-state index contributed by atoms with van der Waals surface area (Å²) in [6, 6.07) is 7.92. The van der Waals surface area contributed by atoms with Gasteiger partial charge in [-0.25, -0.2) is 4.98 Å². The molecule has 2 unspecified atom stereocenters. The average Bonchev–Trinajstić information content (AvgIpc) is 3.21. The first kappa shape index (κ1) is 21.1. The van der Waals surface area contributed by atoms with Gasteiger partial charge in [0.2, 0.25) is 0 Å². The van der Waals surface area contributed by atoms with Crippen LogP contribution in [0, 0.1) is 12.8 Å². The van der Waals surface area contributed by atoms with Crippen LogP contribution in [0.15, 0.2) is 76.6 Å². The van der Waals surface area contributed by atoms with Crippen LogP contribution in [0.4, 0.5) is 0 Å². The van der Waals surface area contributed by atoms with Crippen LogP contribution in [-0.4, -0.2) is 14.8 Å². The third-order valence-corrected chi connectivity index (χ3v) is 7.46. The van der Waals surface area contributed by atoms with Gasteiger partial charge in [-0.2, -0.15) is 0 Å². The molecule has 0 bridgehead atoms. The largest absolute Gasteiger partial charge is 0.326 e. The van der Waals surface area contributed by atoms with Crippen molar-refractivity contribution in [2.24, 2.45) is 13.0 Å². The fourth-order valence-electron chi connectivity index (χ4n) is 2.97. The maximum Gasteiger partial charge on any atom is 0.108 e. The van der Waals surface area contributed by atoms with E-state index in [-0.39, 0.29) is 0 Å². The summed E-state index contributed by atoms with van der Waals surface area (Å²) in [4.78, 5) is 5.98. The molecular formula is C23H25ClN2S2. The highest BCUT2D eigenvalue weighted by molar-refractivity contribution is 8.03. The monoisotopic (exact) mass is 428 g/mol. The first-order chi connectivity index (χ1) is 13.5. The molecule has 0 radical (unpaired) electrons. The van der Waals surface area contributed by atoms with Gasteiger partial charge in [-0.1, -0.05) is 67.2 Å². The van der Waals surface area contributed by atoms with E-state index in [1.807, 2.05) is 55.1 Å². The number of aryl methyl sites for hydroxylation is 1. The first-order valence-corrected chi connectivity index (χ1v) is 11.4. The van der Waals surface area contributed by atoms with Crippen molar-refractivity contribution in [2.75, 3.05) is 0 Å². The van der Waals surface area contributed by atoms with E-state index in [0.29, 0.717) is 11.2 Å². The van der Waals surface area contributed by atoms with Crippen molar-refractivity contribution in [1.82, 2.24) is 9.55 Å². The number of allylic oxidation sites excluding steroid dienone is 6. The molecule has 1 aromatic heterocycles. The Morgan fingerprint density at radius 3 is 2.75 bits per heavy atom. The zero-order chi connectivity index (χ0) is 20.1. The molecule has 28 heavy (non-hydrogen) atoms. The van der Waals surface area contributed by atoms with Crippen LogP contribution in [-0.2, 0) is 7.05 Å². The molecule has 0 N–H and O–H groups in total. The summed E-state index contributed by atoms with van der Waals surface area (Å²) < 4.78 is 2.14. The van der Waals surface area contributed by atoms with Gasteiger partial charge in [0, 0.05) is 27.8 Å². The molecule has 0 fully saturated rings. The van der Waals surface area contributed by atoms with Gasteiger partial charge in [-0.05, 0) is 48.9 Å². The number of imidazole rings is 1. The minimum Gasteiger partial charge on any atom is -0.326 e. The summed E-state index contributed by atoms with van der Waals surface area (Å²) in [7, 11) is 2.06. The Kier molecular flexibility index (Phi) is 7.33. The van der Waals surface area contributed by atoms with Gasteiger partial charge >= 0.3 is 0 Å². The van der Waals surface area contributed by atoms with Gasteiger partial charge in [0.1, 0.15) is 16.5 Å². The highest BCUT2D eigenvalue weighted by Gasteiger charge is 2.19. The number of rotatable bonds is 7. The Hall–Kier alpha value is -1.62. The second-order valence-corrected chi connectivity index (χ2v) is 9.43. The van der Waals surface area contributed by atoms with E-state index >= 15 is 0 Å². The molecule has 1 aromatic carbocycles. The van der Waals surface area contributed by atoms with Gasteiger partial charge in [0.25, 0.3) is 0 Å². The van der Waals surface area contributed by atoms with Crippen molar-refractivity contribution < 1.29 is 0 Å². The van der Waals surface area contributed by atoms with Gasteiger partial charge in [-0.15, -0.1) is 11.8 Å².